The highest BCUT2D eigenvalue weighted by molar-refractivity contribution is 6.23. The Balaban J connectivity index is 1.27. The molecule has 2 aliphatic carbocycles. The molecule has 2 amide bonds. The maximum absolute atomic E-state index is 14.0. The summed E-state index contributed by atoms with van der Waals surface area (Å²) < 4.78 is 10.8. The molecule has 1 saturated carbocycles. The Labute approximate surface area is 239 Å². The molecule has 5 heteroatoms. The summed E-state index contributed by atoms with van der Waals surface area (Å²) in [5, 5.41) is 0. The van der Waals surface area contributed by atoms with Crippen LogP contribution in [-0.2, 0) is 9.59 Å². The smallest absolute Gasteiger partial charge is 0.238 e. The van der Waals surface area contributed by atoms with Gasteiger partial charge in [0.15, 0.2) is 0 Å². The molecule has 4 atom stereocenters. The third-order valence-corrected chi connectivity index (χ3v) is 8.69. The molecule has 0 radical (unpaired) electrons. The van der Waals surface area contributed by atoms with Crippen molar-refractivity contribution in [2.75, 3.05) is 19.1 Å². The summed E-state index contributed by atoms with van der Waals surface area (Å²) in [6.45, 7) is 0. The number of methoxy groups -OCH3 is 2. The summed E-state index contributed by atoms with van der Waals surface area (Å²) in [5.41, 5.74) is 7.02. The summed E-state index contributed by atoms with van der Waals surface area (Å²) >= 11 is 0. The molecule has 0 unspecified atom stereocenters. The van der Waals surface area contributed by atoms with Gasteiger partial charge in [-0.25, -0.2) is 4.90 Å². The minimum Gasteiger partial charge on any atom is -0.497 e. The fourth-order valence-electron chi connectivity index (χ4n) is 6.80. The van der Waals surface area contributed by atoms with Crippen LogP contribution in [0.25, 0.3) is 16.7 Å². The van der Waals surface area contributed by atoms with Gasteiger partial charge in [0.25, 0.3) is 0 Å². The number of hydrogen-bond donors (Lipinski definition) is 0. The first-order valence-electron chi connectivity index (χ1n) is 13.8. The second-order valence-corrected chi connectivity index (χ2v) is 10.7. The van der Waals surface area contributed by atoms with Crippen molar-refractivity contribution in [3.05, 3.63) is 132 Å². The topological polar surface area (TPSA) is 55.8 Å². The van der Waals surface area contributed by atoms with E-state index in [-0.39, 0.29) is 23.7 Å². The number of rotatable bonds is 6. The first-order chi connectivity index (χ1) is 20.1. The van der Waals surface area contributed by atoms with Gasteiger partial charge in [0, 0.05) is 11.8 Å². The molecule has 1 aliphatic heterocycles. The Kier molecular flexibility index (Phi) is 6.08. The lowest BCUT2D eigenvalue weighted by Gasteiger charge is -2.22. The van der Waals surface area contributed by atoms with Gasteiger partial charge in [-0.05, 0) is 69.8 Å². The summed E-state index contributed by atoms with van der Waals surface area (Å²) in [6, 6.07) is 33.8. The summed E-state index contributed by atoms with van der Waals surface area (Å²) in [5.74, 6) is 0.202. The van der Waals surface area contributed by atoms with Gasteiger partial charge < -0.3 is 9.47 Å². The van der Waals surface area contributed by atoms with E-state index in [4.69, 9.17) is 9.47 Å². The van der Waals surface area contributed by atoms with Crippen LogP contribution in [0.15, 0.2) is 121 Å². The van der Waals surface area contributed by atoms with E-state index < -0.39 is 11.8 Å². The molecule has 5 nitrogen and oxygen atoms in total. The Morgan fingerprint density at radius 2 is 1.05 bits per heavy atom. The lowest BCUT2D eigenvalue weighted by molar-refractivity contribution is -0.122. The largest absolute Gasteiger partial charge is 0.497 e. The summed E-state index contributed by atoms with van der Waals surface area (Å²) in [4.78, 5) is 29.3. The van der Waals surface area contributed by atoms with Crippen LogP contribution in [0.2, 0.25) is 0 Å². The monoisotopic (exact) mass is 539 g/mol. The number of carbonyl (C=O) groups is 2. The van der Waals surface area contributed by atoms with Crippen LogP contribution < -0.4 is 14.4 Å². The zero-order valence-electron chi connectivity index (χ0n) is 22.9. The van der Waals surface area contributed by atoms with Crippen molar-refractivity contribution < 1.29 is 19.1 Å². The molecule has 7 rings (SSSR count). The lowest BCUT2D eigenvalue weighted by Crippen LogP contribution is -2.33. The highest BCUT2D eigenvalue weighted by Gasteiger charge is 2.62. The second-order valence-electron chi connectivity index (χ2n) is 10.7. The van der Waals surface area contributed by atoms with E-state index in [1.807, 2.05) is 103 Å². The van der Waals surface area contributed by atoms with Gasteiger partial charge in [-0.1, -0.05) is 78.9 Å². The number of imide groups is 1. The van der Waals surface area contributed by atoms with Crippen molar-refractivity contribution in [1.29, 1.82) is 0 Å². The minimum absolute atomic E-state index is 0.120. The second kappa shape index (κ2) is 9.93. The Morgan fingerprint density at radius 3 is 1.51 bits per heavy atom. The third kappa shape index (κ3) is 4.00. The van der Waals surface area contributed by atoms with Gasteiger partial charge in [0.1, 0.15) is 11.5 Å². The van der Waals surface area contributed by atoms with Gasteiger partial charge in [0.2, 0.25) is 11.8 Å². The van der Waals surface area contributed by atoms with Crippen molar-refractivity contribution in [1.82, 2.24) is 0 Å². The summed E-state index contributed by atoms with van der Waals surface area (Å²) in [6.07, 6.45) is 4.25. The van der Waals surface area contributed by atoms with E-state index in [1.54, 1.807) is 14.2 Å². The van der Waals surface area contributed by atoms with Crippen molar-refractivity contribution in [3.8, 4) is 22.6 Å². The molecule has 0 aromatic heterocycles. The number of nitrogens with zero attached hydrogens (tertiary/aromatic N) is 1. The predicted molar refractivity (Wildman–Crippen MR) is 159 cm³/mol. The van der Waals surface area contributed by atoms with Crippen LogP contribution in [0.3, 0.4) is 0 Å². The van der Waals surface area contributed by atoms with Crippen LogP contribution >= 0.6 is 0 Å². The van der Waals surface area contributed by atoms with E-state index in [0.29, 0.717) is 5.69 Å². The van der Waals surface area contributed by atoms with Gasteiger partial charge in [-0.2, -0.15) is 0 Å². The maximum Gasteiger partial charge on any atom is 0.238 e. The first kappa shape index (κ1) is 25.1. The maximum atomic E-state index is 14.0. The van der Waals surface area contributed by atoms with Gasteiger partial charge in [-0.3, -0.25) is 9.59 Å². The van der Waals surface area contributed by atoms with Gasteiger partial charge in [-0.15, -0.1) is 0 Å². The number of benzene rings is 4. The van der Waals surface area contributed by atoms with Gasteiger partial charge >= 0.3 is 0 Å². The van der Waals surface area contributed by atoms with E-state index in [2.05, 4.69) is 12.2 Å². The average Bonchev–Trinajstić information content (AvgIpc) is 3.67. The molecule has 41 heavy (non-hydrogen) atoms. The molecule has 2 fully saturated rings. The van der Waals surface area contributed by atoms with Crippen molar-refractivity contribution in [2.45, 2.75) is 0 Å². The Hall–Kier alpha value is -4.90. The van der Waals surface area contributed by atoms with E-state index in [1.165, 1.54) is 4.90 Å². The standard InChI is InChI=1S/C36H29NO4/c1-40-27-16-10-24(11-17-27)31(25-12-18-28(41-2)19-13-25)32-29-20-21-30(32)34-33(29)35(38)37(36(34)39)26-14-8-23(9-15-26)22-6-4-3-5-7-22/h3-21,29-30,33-34H,1-2H3/t29-,30-,33-,34+/m1/s1. The fourth-order valence-corrected chi connectivity index (χ4v) is 6.80. The molecule has 4 aromatic carbocycles. The molecule has 0 spiro atoms. The molecular weight excluding hydrogens is 510 g/mol. The fraction of sp³-hybridized carbons (Fsp3) is 0.167. The zero-order chi connectivity index (χ0) is 28.1. The zero-order valence-corrected chi connectivity index (χ0v) is 22.9. The van der Waals surface area contributed by atoms with E-state index in [9.17, 15) is 9.59 Å². The van der Waals surface area contributed by atoms with Crippen LogP contribution in [0, 0.1) is 23.7 Å². The van der Waals surface area contributed by atoms with Crippen LogP contribution in [-0.4, -0.2) is 26.0 Å². The number of carbonyl (C=O) groups excluding carboxylic acids is 2. The number of ether oxygens (including phenoxy) is 2. The molecule has 4 aromatic rings. The van der Waals surface area contributed by atoms with E-state index in [0.717, 1.165) is 44.9 Å². The average molecular weight is 540 g/mol. The van der Waals surface area contributed by atoms with Crippen LogP contribution in [0.5, 0.6) is 11.5 Å². The quantitative estimate of drug-likeness (QED) is 0.200. The molecule has 1 saturated heterocycles. The van der Waals surface area contributed by atoms with E-state index >= 15 is 0 Å². The van der Waals surface area contributed by atoms with Crippen molar-refractivity contribution in [2.24, 2.45) is 23.7 Å². The summed E-state index contributed by atoms with van der Waals surface area (Å²) in [7, 11) is 3.30. The predicted octanol–water partition coefficient (Wildman–Crippen LogP) is 6.79. The lowest BCUT2D eigenvalue weighted by atomic mass is 9.85. The molecule has 202 valence electrons. The SMILES string of the molecule is COc1ccc(C(=C2[C@H]3C=C[C@H]2[C@H]2C(=O)N(c4ccc(-c5ccccc5)cc4)C(=O)[C@H]23)c2ccc(OC)cc2)cc1. The normalized spacial score (nSPS) is 22.3. The highest BCUT2D eigenvalue weighted by atomic mass is 16.5. The third-order valence-electron chi connectivity index (χ3n) is 8.69. The first-order valence-corrected chi connectivity index (χ1v) is 13.8. The molecule has 2 bridgehead atoms. The van der Waals surface area contributed by atoms with Crippen LogP contribution in [0.1, 0.15) is 11.1 Å². The number of allylic oxidation sites excluding steroid dienone is 3. The number of amides is 2. The Morgan fingerprint density at radius 1 is 0.585 bits per heavy atom. The number of anilines is 1. The highest BCUT2D eigenvalue weighted by Crippen LogP contribution is 2.59. The minimum atomic E-state index is -0.409. The molecule has 1 heterocycles. The van der Waals surface area contributed by atoms with Crippen molar-refractivity contribution >= 4 is 23.1 Å². The van der Waals surface area contributed by atoms with Crippen molar-refractivity contribution in [3.63, 3.8) is 0 Å². The van der Waals surface area contributed by atoms with Crippen LogP contribution in [0.4, 0.5) is 5.69 Å². The number of fused-ring (bicyclic) bond motifs is 5. The molecule has 3 aliphatic rings. The molecular formula is C36H29NO4. The molecule has 0 N–H and O–H groups in total. The van der Waals surface area contributed by atoms with Gasteiger partial charge in [0.05, 0.1) is 31.7 Å². The number of hydrogen-bond acceptors (Lipinski definition) is 4. The Bertz CT molecular complexity index is 1600.